The number of benzene rings is 1. The number of nitrogens with one attached hydrogen (secondary N) is 2. The summed E-state index contributed by atoms with van der Waals surface area (Å²) in [6.07, 6.45) is 4.57. The molecule has 2 aliphatic rings. The van der Waals surface area contributed by atoms with Crippen molar-refractivity contribution in [2.24, 2.45) is 11.3 Å². The predicted octanol–water partition coefficient (Wildman–Crippen LogP) is 2.10. The minimum Gasteiger partial charge on any atom is -0.493 e. The van der Waals surface area contributed by atoms with Gasteiger partial charge in [0.1, 0.15) is 0 Å². The fourth-order valence-electron chi connectivity index (χ4n) is 4.04. The highest BCUT2D eigenvalue weighted by atomic mass is 16.5. The second-order valence-electron chi connectivity index (χ2n) is 6.60. The highest BCUT2D eigenvalue weighted by molar-refractivity contribution is 5.83. The van der Waals surface area contributed by atoms with E-state index in [1.54, 1.807) is 14.2 Å². The topological polar surface area (TPSA) is 59.6 Å². The van der Waals surface area contributed by atoms with Crippen molar-refractivity contribution < 1.29 is 14.3 Å². The summed E-state index contributed by atoms with van der Waals surface area (Å²) in [5.74, 6) is 2.08. The minimum atomic E-state index is -0.200. The summed E-state index contributed by atoms with van der Waals surface area (Å²) in [5, 5.41) is 6.56. The molecule has 126 valence electrons. The summed E-state index contributed by atoms with van der Waals surface area (Å²) < 4.78 is 10.6. The third-order valence-corrected chi connectivity index (χ3v) is 5.39. The fourth-order valence-corrected chi connectivity index (χ4v) is 4.04. The number of hydrogen-bond donors (Lipinski definition) is 2. The van der Waals surface area contributed by atoms with Crippen LogP contribution < -0.4 is 20.1 Å². The second-order valence-corrected chi connectivity index (χ2v) is 6.60. The highest BCUT2D eigenvalue weighted by Crippen LogP contribution is 2.44. The van der Waals surface area contributed by atoms with Crippen LogP contribution in [0.1, 0.15) is 31.2 Å². The Kier molecular flexibility index (Phi) is 4.76. The smallest absolute Gasteiger partial charge is 0.228 e. The SMILES string of the molecule is COc1ccc(CNC(=O)[C@@]23CCCC[C@H]2CNC3)cc1OC. The Bertz CT molecular complexity index is 575. The van der Waals surface area contributed by atoms with Crippen molar-refractivity contribution in [1.29, 1.82) is 0 Å². The van der Waals surface area contributed by atoms with Crippen LogP contribution in [0.4, 0.5) is 0 Å². The molecule has 23 heavy (non-hydrogen) atoms. The van der Waals surface area contributed by atoms with E-state index in [0.29, 0.717) is 24.0 Å². The van der Waals surface area contributed by atoms with Crippen molar-refractivity contribution in [3.8, 4) is 11.5 Å². The number of rotatable bonds is 5. The van der Waals surface area contributed by atoms with Crippen molar-refractivity contribution in [2.75, 3.05) is 27.3 Å². The molecule has 2 N–H and O–H groups in total. The summed E-state index contributed by atoms with van der Waals surface area (Å²) >= 11 is 0. The first-order valence-electron chi connectivity index (χ1n) is 8.39. The Labute approximate surface area is 137 Å². The number of amides is 1. The molecule has 3 rings (SSSR count). The number of carbonyl (C=O) groups is 1. The number of ether oxygens (including phenoxy) is 2. The van der Waals surface area contributed by atoms with Gasteiger partial charge in [-0.15, -0.1) is 0 Å². The van der Waals surface area contributed by atoms with Crippen molar-refractivity contribution in [3.63, 3.8) is 0 Å². The maximum absolute atomic E-state index is 12.8. The normalized spacial score (nSPS) is 26.4. The molecule has 0 unspecified atom stereocenters. The van der Waals surface area contributed by atoms with E-state index in [4.69, 9.17) is 9.47 Å². The van der Waals surface area contributed by atoms with Gasteiger partial charge in [-0.25, -0.2) is 0 Å². The first kappa shape index (κ1) is 16.1. The van der Waals surface area contributed by atoms with Gasteiger partial charge in [0.05, 0.1) is 19.6 Å². The van der Waals surface area contributed by atoms with Gasteiger partial charge in [0.2, 0.25) is 5.91 Å². The second kappa shape index (κ2) is 6.79. The fraction of sp³-hybridized carbons (Fsp3) is 0.611. The summed E-state index contributed by atoms with van der Waals surface area (Å²) in [7, 11) is 3.24. The third-order valence-electron chi connectivity index (χ3n) is 5.39. The lowest BCUT2D eigenvalue weighted by molar-refractivity contribution is -0.134. The zero-order valence-corrected chi connectivity index (χ0v) is 14.0. The summed E-state index contributed by atoms with van der Waals surface area (Å²) in [6, 6.07) is 5.76. The van der Waals surface area contributed by atoms with Crippen molar-refractivity contribution in [1.82, 2.24) is 10.6 Å². The maximum atomic E-state index is 12.8. The Balaban J connectivity index is 1.67. The van der Waals surface area contributed by atoms with E-state index in [-0.39, 0.29) is 11.3 Å². The van der Waals surface area contributed by atoms with Crippen LogP contribution in [0.2, 0.25) is 0 Å². The minimum absolute atomic E-state index is 0.196. The average Bonchev–Trinajstić information content (AvgIpc) is 3.04. The third kappa shape index (κ3) is 3.02. The summed E-state index contributed by atoms with van der Waals surface area (Å²) in [5.41, 5.74) is 0.820. The average molecular weight is 318 g/mol. The van der Waals surface area contributed by atoms with Crippen LogP contribution in [0.3, 0.4) is 0 Å². The molecule has 1 aromatic rings. The zero-order chi connectivity index (χ0) is 16.3. The molecule has 1 saturated heterocycles. The van der Waals surface area contributed by atoms with Crippen LogP contribution in [-0.2, 0) is 11.3 Å². The predicted molar refractivity (Wildman–Crippen MR) is 88.7 cm³/mol. The van der Waals surface area contributed by atoms with Gasteiger partial charge in [0.25, 0.3) is 0 Å². The van der Waals surface area contributed by atoms with Gasteiger partial charge in [-0.05, 0) is 43.0 Å². The lowest BCUT2D eigenvalue weighted by Crippen LogP contribution is -2.47. The van der Waals surface area contributed by atoms with Gasteiger partial charge in [0, 0.05) is 13.1 Å². The van der Waals surface area contributed by atoms with Crippen LogP contribution >= 0.6 is 0 Å². The quantitative estimate of drug-likeness (QED) is 0.873. The van der Waals surface area contributed by atoms with Crippen LogP contribution in [0.25, 0.3) is 0 Å². The van der Waals surface area contributed by atoms with Gasteiger partial charge in [0.15, 0.2) is 11.5 Å². The molecule has 5 nitrogen and oxygen atoms in total. The van der Waals surface area contributed by atoms with Gasteiger partial charge in [-0.2, -0.15) is 0 Å². The molecule has 0 spiro atoms. The van der Waals surface area contributed by atoms with E-state index < -0.39 is 0 Å². The van der Waals surface area contributed by atoms with Gasteiger partial charge in [-0.1, -0.05) is 18.9 Å². The Morgan fingerprint density at radius 2 is 2.13 bits per heavy atom. The molecule has 5 heteroatoms. The van der Waals surface area contributed by atoms with Gasteiger partial charge in [-0.3, -0.25) is 4.79 Å². The molecular formula is C18H26N2O3. The Hall–Kier alpha value is -1.75. The number of carbonyl (C=O) groups excluding carboxylic acids is 1. The molecule has 0 aromatic heterocycles. The van der Waals surface area contributed by atoms with Gasteiger partial charge < -0.3 is 20.1 Å². The first-order chi connectivity index (χ1) is 11.2. The van der Waals surface area contributed by atoms with E-state index in [1.807, 2.05) is 18.2 Å². The molecule has 1 aromatic carbocycles. The molecule has 0 bridgehead atoms. The van der Waals surface area contributed by atoms with Crippen LogP contribution in [0.5, 0.6) is 11.5 Å². The van der Waals surface area contributed by atoms with E-state index in [2.05, 4.69) is 10.6 Å². The molecule has 1 aliphatic heterocycles. The lowest BCUT2D eigenvalue weighted by Gasteiger charge is -2.37. The molecule has 1 amide bonds. The van der Waals surface area contributed by atoms with E-state index >= 15 is 0 Å². The van der Waals surface area contributed by atoms with E-state index in [1.165, 1.54) is 6.42 Å². The van der Waals surface area contributed by atoms with Crippen molar-refractivity contribution in [2.45, 2.75) is 32.2 Å². The molecule has 2 fully saturated rings. The molecule has 1 aliphatic carbocycles. The monoisotopic (exact) mass is 318 g/mol. The zero-order valence-electron chi connectivity index (χ0n) is 14.0. The van der Waals surface area contributed by atoms with Crippen LogP contribution in [0, 0.1) is 11.3 Å². The summed E-state index contributed by atoms with van der Waals surface area (Å²) in [6.45, 7) is 2.31. The van der Waals surface area contributed by atoms with E-state index in [9.17, 15) is 4.79 Å². The first-order valence-corrected chi connectivity index (χ1v) is 8.39. The summed E-state index contributed by atoms with van der Waals surface area (Å²) in [4.78, 5) is 12.8. The van der Waals surface area contributed by atoms with Gasteiger partial charge >= 0.3 is 0 Å². The Morgan fingerprint density at radius 1 is 1.30 bits per heavy atom. The molecule has 0 radical (unpaired) electrons. The van der Waals surface area contributed by atoms with Crippen LogP contribution in [0.15, 0.2) is 18.2 Å². The maximum Gasteiger partial charge on any atom is 0.228 e. The number of fused-ring (bicyclic) bond motifs is 1. The Morgan fingerprint density at radius 3 is 2.91 bits per heavy atom. The molecular weight excluding hydrogens is 292 g/mol. The van der Waals surface area contributed by atoms with Crippen molar-refractivity contribution >= 4 is 5.91 Å². The van der Waals surface area contributed by atoms with Crippen LogP contribution in [-0.4, -0.2) is 33.2 Å². The molecule has 2 atom stereocenters. The lowest BCUT2D eigenvalue weighted by atomic mass is 9.67. The number of methoxy groups -OCH3 is 2. The molecule has 1 saturated carbocycles. The van der Waals surface area contributed by atoms with E-state index in [0.717, 1.165) is 37.9 Å². The molecule has 1 heterocycles. The van der Waals surface area contributed by atoms with Crippen molar-refractivity contribution in [3.05, 3.63) is 23.8 Å². The standard InChI is InChI=1S/C18H26N2O3/c1-22-15-7-6-13(9-16(15)23-2)10-20-17(21)18-8-4-3-5-14(18)11-19-12-18/h6-7,9,14,19H,3-5,8,10-12H2,1-2H3,(H,20,21)/t14-,18+/m0/s1. The highest BCUT2D eigenvalue weighted by Gasteiger charge is 2.49. The number of hydrogen-bond acceptors (Lipinski definition) is 4. The largest absolute Gasteiger partial charge is 0.493 e.